The van der Waals surface area contributed by atoms with Crippen molar-refractivity contribution in [2.24, 2.45) is 0 Å². The Morgan fingerprint density at radius 3 is 2.73 bits per heavy atom. The van der Waals surface area contributed by atoms with Gasteiger partial charge in [-0.2, -0.15) is 0 Å². The molecular formula is C12H15ClFN. The molecule has 3 heteroatoms. The van der Waals surface area contributed by atoms with E-state index in [1.807, 2.05) is 0 Å². The van der Waals surface area contributed by atoms with Gasteiger partial charge in [0.25, 0.3) is 0 Å². The van der Waals surface area contributed by atoms with E-state index in [2.05, 4.69) is 12.2 Å². The van der Waals surface area contributed by atoms with E-state index < -0.39 is 0 Å². The zero-order valence-corrected chi connectivity index (χ0v) is 9.57. The molecule has 0 aliphatic heterocycles. The first kappa shape index (κ1) is 10.9. The summed E-state index contributed by atoms with van der Waals surface area (Å²) in [4.78, 5) is 0. The molecule has 1 saturated carbocycles. The van der Waals surface area contributed by atoms with Crippen LogP contribution in [0.25, 0.3) is 0 Å². The molecule has 0 aromatic heterocycles. The summed E-state index contributed by atoms with van der Waals surface area (Å²) in [7, 11) is 0. The number of nitrogens with one attached hydrogen (secondary N) is 1. The lowest BCUT2D eigenvalue weighted by molar-refractivity contribution is 0.207. The summed E-state index contributed by atoms with van der Waals surface area (Å²) in [6.45, 7) is 2.93. The fraction of sp³-hybridized carbons (Fsp3) is 0.500. The summed E-state index contributed by atoms with van der Waals surface area (Å²) in [6, 6.07) is 4.56. The number of rotatable bonds is 3. The second-order valence-corrected chi connectivity index (χ2v) is 4.91. The van der Waals surface area contributed by atoms with Crippen LogP contribution >= 0.6 is 11.6 Å². The van der Waals surface area contributed by atoms with Crippen molar-refractivity contribution < 1.29 is 4.39 Å². The quantitative estimate of drug-likeness (QED) is 0.833. The summed E-state index contributed by atoms with van der Waals surface area (Å²) in [5, 5.41) is 3.97. The van der Waals surface area contributed by atoms with Crippen LogP contribution in [0.1, 0.15) is 31.7 Å². The van der Waals surface area contributed by atoms with E-state index in [0.29, 0.717) is 5.02 Å². The van der Waals surface area contributed by atoms with E-state index in [-0.39, 0.29) is 11.4 Å². The summed E-state index contributed by atoms with van der Waals surface area (Å²) < 4.78 is 12.8. The average molecular weight is 228 g/mol. The lowest BCUT2D eigenvalue weighted by atomic mass is 9.78. The predicted molar refractivity (Wildman–Crippen MR) is 60.5 cm³/mol. The highest BCUT2D eigenvalue weighted by Crippen LogP contribution is 2.31. The second-order valence-electron chi connectivity index (χ2n) is 4.50. The van der Waals surface area contributed by atoms with Crippen LogP contribution < -0.4 is 5.32 Å². The lowest BCUT2D eigenvalue weighted by Crippen LogP contribution is -2.47. The van der Waals surface area contributed by atoms with Crippen LogP contribution in [-0.2, 0) is 6.54 Å². The molecule has 0 amide bonds. The van der Waals surface area contributed by atoms with Gasteiger partial charge in [-0.3, -0.25) is 0 Å². The maximum atomic E-state index is 12.8. The summed E-state index contributed by atoms with van der Waals surface area (Å²) in [5.74, 6) is -0.279. The van der Waals surface area contributed by atoms with Crippen LogP contribution in [0.4, 0.5) is 4.39 Å². The van der Waals surface area contributed by atoms with Crippen molar-refractivity contribution in [2.75, 3.05) is 0 Å². The Hall–Kier alpha value is -0.600. The van der Waals surface area contributed by atoms with Gasteiger partial charge in [0.05, 0.1) is 0 Å². The van der Waals surface area contributed by atoms with Gasteiger partial charge in [0.15, 0.2) is 0 Å². The largest absolute Gasteiger partial charge is 0.307 e. The molecule has 1 aromatic carbocycles. The molecule has 0 spiro atoms. The van der Waals surface area contributed by atoms with E-state index in [9.17, 15) is 4.39 Å². The fourth-order valence-corrected chi connectivity index (χ4v) is 2.09. The molecule has 15 heavy (non-hydrogen) atoms. The van der Waals surface area contributed by atoms with Crippen molar-refractivity contribution in [1.29, 1.82) is 0 Å². The third-order valence-electron chi connectivity index (χ3n) is 3.18. The topological polar surface area (TPSA) is 12.0 Å². The molecule has 2 rings (SSSR count). The monoisotopic (exact) mass is 227 g/mol. The van der Waals surface area contributed by atoms with Crippen molar-refractivity contribution in [3.63, 3.8) is 0 Å². The number of halogens is 2. The Bertz CT molecular complexity index is 361. The number of benzene rings is 1. The standard InChI is InChI=1S/C12H15ClFN/c1-12(5-2-6-12)15-8-9-3-4-10(14)7-11(9)13/h3-4,7,15H,2,5-6,8H2,1H3. The molecule has 1 N–H and O–H groups in total. The van der Waals surface area contributed by atoms with Gasteiger partial charge in [0.1, 0.15) is 5.82 Å². The molecule has 0 unspecified atom stereocenters. The van der Waals surface area contributed by atoms with E-state index >= 15 is 0 Å². The minimum atomic E-state index is -0.279. The van der Waals surface area contributed by atoms with E-state index in [1.54, 1.807) is 6.07 Å². The first-order chi connectivity index (χ1) is 7.09. The summed E-state index contributed by atoms with van der Waals surface area (Å²) >= 11 is 5.94. The van der Waals surface area contributed by atoms with E-state index in [1.165, 1.54) is 31.4 Å². The maximum absolute atomic E-state index is 12.8. The molecule has 82 valence electrons. The number of hydrogen-bond acceptors (Lipinski definition) is 1. The summed E-state index contributed by atoms with van der Waals surface area (Å²) in [5.41, 5.74) is 1.23. The lowest BCUT2D eigenvalue weighted by Gasteiger charge is -2.39. The molecule has 1 fully saturated rings. The first-order valence-electron chi connectivity index (χ1n) is 5.28. The van der Waals surface area contributed by atoms with Gasteiger partial charge in [-0.1, -0.05) is 17.7 Å². The van der Waals surface area contributed by atoms with Crippen LogP contribution in [0.2, 0.25) is 5.02 Å². The van der Waals surface area contributed by atoms with Crippen LogP contribution in [-0.4, -0.2) is 5.54 Å². The summed E-state index contributed by atoms with van der Waals surface area (Å²) in [6.07, 6.45) is 3.72. The molecule has 0 radical (unpaired) electrons. The van der Waals surface area contributed by atoms with Gasteiger partial charge in [0.2, 0.25) is 0 Å². The molecule has 0 bridgehead atoms. The minimum Gasteiger partial charge on any atom is -0.307 e. The van der Waals surface area contributed by atoms with Crippen molar-refractivity contribution >= 4 is 11.6 Å². The highest BCUT2D eigenvalue weighted by Gasteiger charge is 2.30. The molecule has 0 saturated heterocycles. The highest BCUT2D eigenvalue weighted by molar-refractivity contribution is 6.31. The van der Waals surface area contributed by atoms with Gasteiger partial charge >= 0.3 is 0 Å². The normalized spacial score (nSPS) is 18.6. The second kappa shape index (κ2) is 4.11. The van der Waals surface area contributed by atoms with Gasteiger partial charge in [-0.25, -0.2) is 4.39 Å². The van der Waals surface area contributed by atoms with Gasteiger partial charge in [-0.15, -0.1) is 0 Å². The Morgan fingerprint density at radius 1 is 1.47 bits per heavy atom. The molecule has 0 heterocycles. The van der Waals surface area contributed by atoms with Crippen molar-refractivity contribution in [2.45, 2.75) is 38.3 Å². The Labute approximate surface area is 94.6 Å². The average Bonchev–Trinajstić information content (AvgIpc) is 2.14. The van der Waals surface area contributed by atoms with Crippen LogP contribution in [0.15, 0.2) is 18.2 Å². The Balaban J connectivity index is 1.98. The van der Waals surface area contributed by atoms with Crippen LogP contribution in [0, 0.1) is 5.82 Å². The van der Waals surface area contributed by atoms with Crippen molar-refractivity contribution in [3.05, 3.63) is 34.6 Å². The zero-order chi connectivity index (χ0) is 10.9. The van der Waals surface area contributed by atoms with E-state index in [0.717, 1.165) is 12.1 Å². The molecule has 1 aliphatic carbocycles. The molecule has 0 atom stereocenters. The van der Waals surface area contributed by atoms with E-state index in [4.69, 9.17) is 11.6 Å². The van der Waals surface area contributed by atoms with Crippen LogP contribution in [0.5, 0.6) is 0 Å². The smallest absolute Gasteiger partial charge is 0.124 e. The van der Waals surface area contributed by atoms with Gasteiger partial charge < -0.3 is 5.32 Å². The third kappa shape index (κ3) is 2.50. The fourth-order valence-electron chi connectivity index (χ4n) is 1.86. The van der Waals surface area contributed by atoms with Crippen LogP contribution in [0.3, 0.4) is 0 Å². The highest BCUT2D eigenvalue weighted by atomic mass is 35.5. The third-order valence-corrected chi connectivity index (χ3v) is 3.53. The molecule has 1 nitrogen and oxygen atoms in total. The minimum absolute atomic E-state index is 0.262. The molecule has 1 aliphatic rings. The van der Waals surface area contributed by atoms with Crippen molar-refractivity contribution in [3.8, 4) is 0 Å². The number of hydrogen-bond donors (Lipinski definition) is 1. The van der Waals surface area contributed by atoms with Crippen molar-refractivity contribution in [1.82, 2.24) is 5.32 Å². The maximum Gasteiger partial charge on any atom is 0.124 e. The molecular weight excluding hydrogens is 213 g/mol. The van der Waals surface area contributed by atoms with Gasteiger partial charge in [0, 0.05) is 17.1 Å². The Morgan fingerprint density at radius 2 is 2.20 bits per heavy atom. The first-order valence-corrected chi connectivity index (χ1v) is 5.66. The Kier molecular flexibility index (Phi) is 2.98. The zero-order valence-electron chi connectivity index (χ0n) is 8.82. The predicted octanol–water partition coefficient (Wildman–Crippen LogP) is 3.51. The van der Waals surface area contributed by atoms with Gasteiger partial charge in [-0.05, 0) is 43.9 Å². The SMILES string of the molecule is CC1(NCc2ccc(F)cc2Cl)CCC1. The molecule has 1 aromatic rings.